The molecular weight excluding hydrogens is 478 g/mol. The van der Waals surface area contributed by atoms with Gasteiger partial charge < -0.3 is 25.8 Å². The zero-order valence-electron chi connectivity index (χ0n) is 21.9. The first-order valence-corrected chi connectivity index (χ1v) is 13.4. The van der Waals surface area contributed by atoms with Crippen molar-refractivity contribution in [2.45, 2.75) is 57.0 Å². The molecule has 0 unspecified atom stereocenters. The number of anilines is 2. The molecule has 1 fully saturated rings. The van der Waals surface area contributed by atoms with Crippen molar-refractivity contribution in [3.8, 4) is 16.9 Å². The van der Waals surface area contributed by atoms with Crippen LogP contribution in [0.25, 0.3) is 11.1 Å². The van der Waals surface area contributed by atoms with Crippen LogP contribution in [-0.4, -0.2) is 41.7 Å². The summed E-state index contributed by atoms with van der Waals surface area (Å²) in [6, 6.07) is 25.7. The monoisotopic (exact) mass is 515 g/mol. The highest BCUT2D eigenvalue weighted by molar-refractivity contribution is 5.90. The van der Waals surface area contributed by atoms with Gasteiger partial charge in [-0.2, -0.15) is 0 Å². The number of hydrogen-bond acceptors (Lipinski definition) is 5. The zero-order valence-corrected chi connectivity index (χ0v) is 21.9. The van der Waals surface area contributed by atoms with Crippen LogP contribution in [0.2, 0.25) is 0 Å². The van der Waals surface area contributed by atoms with Gasteiger partial charge in [0.1, 0.15) is 11.3 Å². The molecule has 0 saturated heterocycles. The van der Waals surface area contributed by atoms with Gasteiger partial charge in [-0.05, 0) is 66.8 Å². The average Bonchev–Trinajstić information content (AvgIpc) is 2.95. The Morgan fingerprint density at radius 3 is 2.29 bits per heavy atom. The molecule has 1 amide bonds. The molecule has 1 saturated carbocycles. The molecule has 200 valence electrons. The Kier molecular flexibility index (Phi) is 9.25. The molecule has 0 spiro atoms. The lowest BCUT2D eigenvalue weighted by Gasteiger charge is -2.38. The fraction of sp³-hybridized carbons (Fsp3) is 0.355. The Hall–Kier alpha value is -4.00. The number of carboxylic acids is 1. The van der Waals surface area contributed by atoms with Crippen molar-refractivity contribution < 1.29 is 19.4 Å². The Morgan fingerprint density at radius 1 is 0.895 bits per heavy atom. The molecule has 38 heavy (non-hydrogen) atoms. The number of carbonyl (C=O) groups excluding carboxylic acids is 1. The molecular formula is C31H37N3O4. The van der Waals surface area contributed by atoms with Crippen molar-refractivity contribution in [3.63, 3.8) is 0 Å². The van der Waals surface area contributed by atoms with E-state index < -0.39 is 11.5 Å². The summed E-state index contributed by atoms with van der Waals surface area (Å²) in [5.41, 5.74) is 3.47. The first kappa shape index (κ1) is 27.0. The van der Waals surface area contributed by atoms with Crippen LogP contribution in [0.3, 0.4) is 0 Å². The molecule has 7 nitrogen and oxygen atoms in total. The van der Waals surface area contributed by atoms with Gasteiger partial charge in [-0.3, -0.25) is 4.79 Å². The van der Waals surface area contributed by atoms with Gasteiger partial charge >= 0.3 is 5.97 Å². The fourth-order valence-electron chi connectivity index (χ4n) is 4.92. The van der Waals surface area contributed by atoms with Gasteiger partial charge in [0, 0.05) is 24.0 Å². The van der Waals surface area contributed by atoms with Crippen molar-refractivity contribution >= 4 is 23.3 Å². The second kappa shape index (κ2) is 13.0. The lowest BCUT2D eigenvalue weighted by molar-refractivity contribution is -0.139. The van der Waals surface area contributed by atoms with Crippen LogP contribution in [0.15, 0.2) is 78.9 Å². The predicted octanol–water partition coefficient (Wildman–Crippen LogP) is 5.94. The summed E-state index contributed by atoms with van der Waals surface area (Å²) < 4.78 is 5.19. The van der Waals surface area contributed by atoms with Crippen molar-refractivity contribution in [1.82, 2.24) is 5.32 Å². The molecule has 4 N–H and O–H groups in total. The standard InChI is InChI=1S/C31H37N3O4/c1-2-25(21-32-26-14-16-28(17-15-26)38-22-29(35)36)33-30(37)31(18-7-4-8-19-31)34-27-13-9-12-24(20-27)23-10-5-3-6-11-23/h3,5-6,9-17,20,25,32,34H,2,4,7-8,18-19,21-22H2,1H3,(H,33,37)(H,35,36)/t25-/m0/s1. The Bertz CT molecular complexity index is 1190. The highest BCUT2D eigenvalue weighted by atomic mass is 16.5. The second-order valence-corrected chi connectivity index (χ2v) is 9.88. The summed E-state index contributed by atoms with van der Waals surface area (Å²) in [6.45, 7) is 2.28. The number of amides is 1. The smallest absolute Gasteiger partial charge is 0.341 e. The Balaban J connectivity index is 1.40. The van der Waals surface area contributed by atoms with E-state index in [4.69, 9.17) is 9.84 Å². The maximum absolute atomic E-state index is 13.8. The molecule has 0 heterocycles. The highest BCUT2D eigenvalue weighted by Gasteiger charge is 2.40. The molecule has 1 atom stereocenters. The molecule has 1 aliphatic rings. The van der Waals surface area contributed by atoms with Gasteiger partial charge in [0.25, 0.3) is 0 Å². The minimum atomic E-state index is -1.01. The van der Waals surface area contributed by atoms with E-state index in [9.17, 15) is 9.59 Å². The molecule has 3 aromatic carbocycles. The summed E-state index contributed by atoms with van der Waals surface area (Å²) in [5, 5.41) is 19.1. The molecule has 3 aromatic rings. The third kappa shape index (κ3) is 7.28. The molecule has 7 heteroatoms. The van der Waals surface area contributed by atoms with Gasteiger partial charge in [0.2, 0.25) is 5.91 Å². The van der Waals surface area contributed by atoms with Crippen LogP contribution in [0.5, 0.6) is 5.75 Å². The fourth-order valence-corrected chi connectivity index (χ4v) is 4.92. The number of ether oxygens (including phenoxy) is 1. The highest BCUT2D eigenvalue weighted by Crippen LogP contribution is 2.33. The lowest BCUT2D eigenvalue weighted by Crippen LogP contribution is -2.56. The maximum atomic E-state index is 13.8. The van der Waals surface area contributed by atoms with E-state index in [-0.39, 0.29) is 18.6 Å². The van der Waals surface area contributed by atoms with Crippen LogP contribution >= 0.6 is 0 Å². The third-order valence-electron chi connectivity index (χ3n) is 7.09. The lowest BCUT2D eigenvalue weighted by atomic mass is 9.80. The van der Waals surface area contributed by atoms with E-state index in [1.807, 2.05) is 42.5 Å². The number of rotatable bonds is 12. The van der Waals surface area contributed by atoms with Crippen molar-refractivity contribution in [3.05, 3.63) is 78.9 Å². The van der Waals surface area contributed by atoms with Crippen molar-refractivity contribution in [1.29, 1.82) is 0 Å². The van der Waals surface area contributed by atoms with E-state index >= 15 is 0 Å². The van der Waals surface area contributed by atoms with Crippen LogP contribution in [0, 0.1) is 0 Å². The summed E-state index contributed by atoms with van der Waals surface area (Å²) >= 11 is 0. The van der Waals surface area contributed by atoms with Crippen molar-refractivity contribution in [2.24, 2.45) is 0 Å². The van der Waals surface area contributed by atoms with Gasteiger partial charge in [0.15, 0.2) is 6.61 Å². The third-order valence-corrected chi connectivity index (χ3v) is 7.09. The van der Waals surface area contributed by atoms with Gasteiger partial charge in [-0.15, -0.1) is 0 Å². The molecule has 0 radical (unpaired) electrons. The normalized spacial score (nSPS) is 15.2. The number of benzene rings is 3. The average molecular weight is 516 g/mol. The molecule has 0 bridgehead atoms. The summed E-state index contributed by atoms with van der Waals surface area (Å²) in [7, 11) is 0. The van der Waals surface area contributed by atoms with Crippen LogP contribution in [-0.2, 0) is 9.59 Å². The van der Waals surface area contributed by atoms with E-state index in [2.05, 4.69) is 47.1 Å². The van der Waals surface area contributed by atoms with Crippen LogP contribution < -0.4 is 20.7 Å². The maximum Gasteiger partial charge on any atom is 0.341 e. The number of hydrogen-bond donors (Lipinski definition) is 4. The molecule has 0 aliphatic heterocycles. The number of carbonyl (C=O) groups is 2. The largest absolute Gasteiger partial charge is 0.482 e. The second-order valence-electron chi connectivity index (χ2n) is 9.88. The summed E-state index contributed by atoms with van der Waals surface area (Å²) in [5.74, 6) is -0.462. The first-order chi connectivity index (χ1) is 18.5. The Morgan fingerprint density at radius 2 is 1.61 bits per heavy atom. The van der Waals surface area contributed by atoms with Crippen LogP contribution in [0.4, 0.5) is 11.4 Å². The van der Waals surface area contributed by atoms with Crippen LogP contribution in [0.1, 0.15) is 45.4 Å². The van der Waals surface area contributed by atoms with Gasteiger partial charge in [0.05, 0.1) is 0 Å². The summed E-state index contributed by atoms with van der Waals surface area (Å²) in [6.07, 6.45) is 5.57. The van der Waals surface area contributed by atoms with Crippen molar-refractivity contribution in [2.75, 3.05) is 23.8 Å². The van der Waals surface area contributed by atoms with Gasteiger partial charge in [-0.25, -0.2) is 4.79 Å². The van der Waals surface area contributed by atoms with E-state index in [1.165, 1.54) is 0 Å². The number of nitrogens with one attached hydrogen (secondary N) is 3. The minimum absolute atomic E-state index is 0.0401. The first-order valence-electron chi connectivity index (χ1n) is 13.4. The van der Waals surface area contributed by atoms with Gasteiger partial charge in [-0.1, -0.05) is 68.7 Å². The minimum Gasteiger partial charge on any atom is -0.482 e. The van der Waals surface area contributed by atoms with E-state index in [1.54, 1.807) is 12.1 Å². The number of aliphatic carboxylic acids is 1. The predicted molar refractivity (Wildman–Crippen MR) is 152 cm³/mol. The quantitative estimate of drug-likeness (QED) is 0.238. The number of carboxylic acid groups (broad SMARTS) is 1. The van der Waals surface area contributed by atoms with E-state index in [0.717, 1.165) is 61.0 Å². The van der Waals surface area contributed by atoms with E-state index in [0.29, 0.717) is 12.3 Å². The topological polar surface area (TPSA) is 99.7 Å². The SMILES string of the molecule is CC[C@@H](CNc1ccc(OCC(=O)O)cc1)NC(=O)C1(Nc2cccc(-c3ccccc3)c2)CCCCC1. The molecule has 4 rings (SSSR count). The summed E-state index contributed by atoms with van der Waals surface area (Å²) in [4.78, 5) is 24.4. The Labute approximate surface area is 224 Å². The molecule has 1 aliphatic carbocycles. The zero-order chi connectivity index (χ0) is 26.8. The molecule has 0 aromatic heterocycles.